The SMILES string of the molecule is NC(c1cnc2ccccc2c1)C1CSCCO1. The third kappa shape index (κ3) is 2.36. The summed E-state index contributed by atoms with van der Waals surface area (Å²) in [5.41, 5.74) is 8.35. The van der Waals surface area contributed by atoms with E-state index in [-0.39, 0.29) is 12.1 Å². The molecule has 2 N–H and O–H groups in total. The normalized spacial score (nSPS) is 21.9. The van der Waals surface area contributed by atoms with Crippen LogP contribution in [0.5, 0.6) is 0 Å². The number of hydrogen-bond acceptors (Lipinski definition) is 4. The van der Waals surface area contributed by atoms with E-state index in [9.17, 15) is 0 Å². The zero-order valence-corrected chi connectivity index (χ0v) is 10.9. The van der Waals surface area contributed by atoms with Crippen molar-refractivity contribution in [1.82, 2.24) is 4.98 Å². The molecule has 2 atom stereocenters. The smallest absolute Gasteiger partial charge is 0.0858 e. The van der Waals surface area contributed by atoms with Crippen LogP contribution in [0.3, 0.4) is 0 Å². The monoisotopic (exact) mass is 260 g/mol. The molecule has 4 heteroatoms. The number of benzene rings is 1. The Labute approximate surface area is 111 Å². The van der Waals surface area contributed by atoms with Crippen LogP contribution in [0.25, 0.3) is 10.9 Å². The number of thioether (sulfide) groups is 1. The largest absolute Gasteiger partial charge is 0.375 e. The van der Waals surface area contributed by atoms with E-state index in [1.807, 2.05) is 36.2 Å². The number of hydrogen-bond donors (Lipinski definition) is 1. The molecule has 1 aliphatic rings. The molecule has 1 saturated heterocycles. The van der Waals surface area contributed by atoms with Crippen LogP contribution in [-0.2, 0) is 4.74 Å². The van der Waals surface area contributed by atoms with Gasteiger partial charge in [0, 0.05) is 23.1 Å². The summed E-state index contributed by atoms with van der Waals surface area (Å²) in [7, 11) is 0. The molecule has 0 amide bonds. The highest BCUT2D eigenvalue weighted by Crippen LogP contribution is 2.25. The van der Waals surface area contributed by atoms with Gasteiger partial charge in [-0.2, -0.15) is 11.8 Å². The lowest BCUT2D eigenvalue weighted by molar-refractivity contribution is 0.0569. The number of nitrogens with two attached hydrogens (primary N) is 1. The van der Waals surface area contributed by atoms with Gasteiger partial charge in [0.25, 0.3) is 0 Å². The molecule has 18 heavy (non-hydrogen) atoms. The Morgan fingerprint density at radius 2 is 2.28 bits per heavy atom. The lowest BCUT2D eigenvalue weighted by Gasteiger charge is -2.27. The fourth-order valence-electron chi connectivity index (χ4n) is 2.20. The van der Waals surface area contributed by atoms with Crippen LogP contribution in [0.4, 0.5) is 0 Å². The summed E-state index contributed by atoms with van der Waals surface area (Å²) < 4.78 is 5.73. The molecule has 0 bridgehead atoms. The second-order valence-electron chi connectivity index (χ2n) is 4.47. The maximum atomic E-state index is 6.28. The standard InChI is InChI=1S/C14H16N2OS/c15-14(13-9-18-6-5-17-13)11-7-10-3-1-2-4-12(10)16-8-11/h1-4,7-8,13-14H,5-6,9,15H2. The number of pyridine rings is 1. The van der Waals surface area contributed by atoms with Crippen LogP contribution in [0, 0.1) is 0 Å². The van der Waals surface area contributed by atoms with Crippen molar-refractivity contribution in [2.24, 2.45) is 5.73 Å². The summed E-state index contributed by atoms with van der Waals surface area (Å²) in [5.74, 6) is 2.03. The molecule has 0 saturated carbocycles. The maximum Gasteiger partial charge on any atom is 0.0858 e. The number of para-hydroxylation sites is 1. The number of fused-ring (bicyclic) bond motifs is 1. The zero-order chi connectivity index (χ0) is 12.4. The lowest BCUT2D eigenvalue weighted by atomic mass is 10.0. The average molecular weight is 260 g/mol. The Balaban J connectivity index is 1.88. The number of nitrogens with zero attached hydrogens (tertiary/aromatic N) is 1. The highest BCUT2D eigenvalue weighted by Gasteiger charge is 2.23. The predicted molar refractivity (Wildman–Crippen MR) is 75.7 cm³/mol. The quantitative estimate of drug-likeness (QED) is 0.900. The molecule has 94 valence electrons. The van der Waals surface area contributed by atoms with Crippen molar-refractivity contribution in [3.8, 4) is 0 Å². The van der Waals surface area contributed by atoms with Crippen LogP contribution in [0.2, 0.25) is 0 Å². The van der Waals surface area contributed by atoms with E-state index in [2.05, 4.69) is 17.1 Å². The Bertz CT molecular complexity index is 540. The highest BCUT2D eigenvalue weighted by molar-refractivity contribution is 7.99. The van der Waals surface area contributed by atoms with Crippen LogP contribution < -0.4 is 5.73 Å². The first-order valence-electron chi connectivity index (χ1n) is 6.14. The summed E-state index contributed by atoms with van der Waals surface area (Å²) in [6.45, 7) is 0.796. The first-order chi connectivity index (χ1) is 8.84. The minimum Gasteiger partial charge on any atom is -0.375 e. The van der Waals surface area contributed by atoms with Gasteiger partial charge in [-0.25, -0.2) is 0 Å². The summed E-state index contributed by atoms with van der Waals surface area (Å²) in [5, 5.41) is 1.13. The second-order valence-corrected chi connectivity index (χ2v) is 5.62. The van der Waals surface area contributed by atoms with Gasteiger partial charge in [0.15, 0.2) is 0 Å². The van der Waals surface area contributed by atoms with Crippen molar-refractivity contribution >= 4 is 22.7 Å². The number of rotatable bonds is 2. The van der Waals surface area contributed by atoms with Gasteiger partial charge < -0.3 is 10.5 Å². The Morgan fingerprint density at radius 3 is 3.11 bits per heavy atom. The van der Waals surface area contributed by atoms with E-state index < -0.39 is 0 Å². The minimum absolute atomic E-state index is 0.0880. The van der Waals surface area contributed by atoms with Crippen molar-refractivity contribution in [3.63, 3.8) is 0 Å². The Kier molecular flexibility index (Phi) is 3.50. The van der Waals surface area contributed by atoms with Gasteiger partial charge in [-0.3, -0.25) is 4.98 Å². The lowest BCUT2D eigenvalue weighted by Crippen LogP contribution is -2.34. The molecule has 2 heterocycles. The average Bonchev–Trinajstić information content (AvgIpc) is 2.47. The van der Waals surface area contributed by atoms with E-state index >= 15 is 0 Å². The third-order valence-corrected chi connectivity index (χ3v) is 4.26. The van der Waals surface area contributed by atoms with Crippen molar-refractivity contribution in [2.75, 3.05) is 18.1 Å². The molecule has 3 nitrogen and oxygen atoms in total. The fraction of sp³-hybridized carbons (Fsp3) is 0.357. The summed E-state index contributed by atoms with van der Waals surface area (Å²) >= 11 is 1.90. The first-order valence-corrected chi connectivity index (χ1v) is 7.30. The third-order valence-electron chi connectivity index (χ3n) is 3.24. The van der Waals surface area contributed by atoms with E-state index in [0.29, 0.717) is 0 Å². The topological polar surface area (TPSA) is 48.1 Å². The second kappa shape index (κ2) is 5.26. The molecule has 0 radical (unpaired) electrons. The van der Waals surface area contributed by atoms with Crippen LogP contribution in [0.15, 0.2) is 36.5 Å². The Morgan fingerprint density at radius 1 is 1.39 bits per heavy atom. The van der Waals surface area contributed by atoms with Crippen LogP contribution >= 0.6 is 11.8 Å². The molecule has 1 fully saturated rings. The molecule has 1 aliphatic heterocycles. The fourth-order valence-corrected chi connectivity index (χ4v) is 3.11. The first kappa shape index (κ1) is 12.0. The van der Waals surface area contributed by atoms with Crippen molar-refractivity contribution < 1.29 is 4.74 Å². The van der Waals surface area contributed by atoms with Crippen molar-refractivity contribution in [2.45, 2.75) is 12.1 Å². The molecular weight excluding hydrogens is 244 g/mol. The summed E-state index contributed by atoms with van der Waals surface area (Å²) in [6, 6.07) is 10.1. The van der Waals surface area contributed by atoms with Crippen molar-refractivity contribution in [3.05, 3.63) is 42.1 Å². The van der Waals surface area contributed by atoms with Gasteiger partial charge in [0.05, 0.1) is 24.3 Å². The summed E-state index contributed by atoms with van der Waals surface area (Å²) in [6.07, 6.45) is 1.97. The molecule has 1 aromatic heterocycles. The molecule has 0 spiro atoms. The maximum absolute atomic E-state index is 6.28. The molecule has 3 rings (SSSR count). The minimum atomic E-state index is -0.0880. The van der Waals surface area contributed by atoms with Gasteiger partial charge in [0.1, 0.15) is 0 Å². The van der Waals surface area contributed by atoms with Gasteiger partial charge in [-0.05, 0) is 17.7 Å². The van der Waals surface area contributed by atoms with E-state index in [0.717, 1.165) is 34.6 Å². The summed E-state index contributed by atoms with van der Waals surface area (Å²) in [4.78, 5) is 4.45. The number of ether oxygens (including phenoxy) is 1. The van der Waals surface area contributed by atoms with Crippen LogP contribution in [0.1, 0.15) is 11.6 Å². The molecule has 1 aromatic carbocycles. The van der Waals surface area contributed by atoms with Gasteiger partial charge in [-0.15, -0.1) is 0 Å². The number of aromatic nitrogens is 1. The van der Waals surface area contributed by atoms with E-state index in [4.69, 9.17) is 10.5 Å². The van der Waals surface area contributed by atoms with Gasteiger partial charge in [-0.1, -0.05) is 18.2 Å². The predicted octanol–water partition coefficient (Wildman–Crippen LogP) is 2.37. The van der Waals surface area contributed by atoms with Gasteiger partial charge in [0.2, 0.25) is 0 Å². The molecular formula is C14H16N2OS. The Hall–Kier alpha value is -1.10. The van der Waals surface area contributed by atoms with Crippen molar-refractivity contribution in [1.29, 1.82) is 0 Å². The zero-order valence-electron chi connectivity index (χ0n) is 10.1. The molecule has 2 aromatic rings. The van der Waals surface area contributed by atoms with Crippen LogP contribution in [-0.4, -0.2) is 29.2 Å². The molecule has 0 aliphatic carbocycles. The van der Waals surface area contributed by atoms with Gasteiger partial charge >= 0.3 is 0 Å². The van der Waals surface area contributed by atoms with E-state index in [1.54, 1.807) is 0 Å². The van der Waals surface area contributed by atoms with E-state index in [1.165, 1.54) is 0 Å². The molecule has 2 unspecified atom stereocenters. The highest BCUT2D eigenvalue weighted by atomic mass is 32.2.